The first-order valence-electron chi connectivity index (χ1n) is 7.45. The molecule has 0 spiro atoms. The van der Waals surface area contributed by atoms with Crippen molar-refractivity contribution in [1.29, 1.82) is 0 Å². The van der Waals surface area contributed by atoms with Crippen LogP contribution in [0.25, 0.3) is 10.9 Å². The maximum atomic E-state index is 12.6. The standard InChI is InChI=1S/C18H15IN2O3/c1-2-24-18(23)16-15(12-8-4-6-10-14(12)20-16)21-17(22)11-7-3-5-9-13(11)19/h3-10,20H,2H2,1H3,(H,21,22). The Morgan fingerprint density at radius 3 is 2.58 bits per heavy atom. The number of esters is 1. The normalized spacial score (nSPS) is 10.6. The van der Waals surface area contributed by atoms with E-state index in [1.807, 2.05) is 36.4 Å². The molecule has 0 aliphatic rings. The monoisotopic (exact) mass is 434 g/mol. The summed E-state index contributed by atoms with van der Waals surface area (Å²) in [5.41, 5.74) is 2.00. The quantitative estimate of drug-likeness (QED) is 0.478. The fourth-order valence-corrected chi connectivity index (χ4v) is 3.09. The summed E-state index contributed by atoms with van der Waals surface area (Å²) >= 11 is 2.11. The Labute approximate surface area is 152 Å². The van der Waals surface area contributed by atoms with Crippen molar-refractivity contribution in [2.24, 2.45) is 0 Å². The van der Waals surface area contributed by atoms with Crippen molar-refractivity contribution < 1.29 is 14.3 Å². The van der Waals surface area contributed by atoms with Crippen LogP contribution in [0.1, 0.15) is 27.8 Å². The van der Waals surface area contributed by atoms with Crippen molar-refractivity contribution in [1.82, 2.24) is 4.98 Å². The van der Waals surface area contributed by atoms with E-state index in [-0.39, 0.29) is 18.2 Å². The first kappa shape index (κ1) is 16.5. The predicted octanol–water partition coefficient (Wildman–Crippen LogP) is 4.20. The molecule has 1 aromatic heterocycles. The van der Waals surface area contributed by atoms with Crippen molar-refractivity contribution in [2.75, 3.05) is 11.9 Å². The molecule has 122 valence electrons. The third-order valence-corrected chi connectivity index (χ3v) is 4.48. The minimum absolute atomic E-state index is 0.248. The van der Waals surface area contributed by atoms with Crippen LogP contribution >= 0.6 is 22.6 Å². The van der Waals surface area contributed by atoms with E-state index in [2.05, 4.69) is 32.9 Å². The lowest BCUT2D eigenvalue weighted by Crippen LogP contribution is -2.16. The molecule has 0 saturated heterocycles. The van der Waals surface area contributed by atoms with Gasteiger partial charge in [-0.3, -0.25) is 4.79 Å². The van der Waals surface area contributed by atoms with Gasteiger partial charge in [-0.1, -0.05) is 30.3 Å². The number of halogens is 1. The zero-order chi connectivity index (χ0) is 17.1. The maximum absolute atomic E-state index is 12.6. The molecule has 1 heterocycles. The van der Waals surface area contributed by atoms with Gasteiger partial charge in [0.1, 0.15) is 5.69 Å². The third kappa shape index (κ3) is 3.14. The number of rotatable bonds is 4. The molecule has 0 aliphatic heterocycles. The average Bonchev–Trinajstić information content (AvgIpc) is 2.94. The first-order valence-corrected chi connectivity index (χ1v) is 8.53. The van der Waals surface area contributed by atoms with Gasteiger partial charge < -0.3 is 15.0 Å². The number of aromatic amines is 1. The lowest BCUT2D eigenvalue weighted by Gasteiger charge is -2.08. The predicted molar refractivity (Wildman–Crippen MR) is 101 cm³/mol. The molecule has 1 amide bonds. The number of ether oxygens (including phenoxy) is 1. The summed E-state index contributed by atoms with van der Waals surface area (Å²) in [6.45, 7) is 2.00. The topological polar surface area (TPSA) is 71.2 Å². The second-order valence-corrected chi connectivity index (χ2v) is 6.24. The zero-order valence-corrected chi connectivity index (χ0v) is 15.1. The summed E-state index contributed by atoms with van der Waals surface area (Å²) in [5.74, 6) is -0.762. The van der Waals surface area contributed by atoms with Crippen LogP contribution in [0.5, 0.6) is 0 Å². The third-order valence-electron chi connectivity index (χ3n) is 3.54. The van der Waals surface area contributed by atoms with Gasteiger partial charge in [-0.2, -0.15) is 0 Å². The molecule has 0 aliphatic carbocycles. The second kappa shape index (κ2) is 7.04. The number of para-hydroxylation sites is 1. The molecule has 0 saturated carbocycles. The number of nitrogens with one attached hydrogen (secondary N) is 2. The number of amides is 1. The molecule has 6 heteroatoms. The van der Waals surface area contributed by atoms with Gasteiger partial charge >= 0.3 is 5.97 Å². The molecular formula is C18H15IN2O3. The summed E-state index contributed by atoms with van der Waals surface area (Å²) in [4.78, 5) is 27.9. The van der Waals surface area contributed by atoms with Gasteiger partial charge in [0.15, 0.2) is 0 Å². The molecule has 0 unspecified atom stereocenters. The summed E-state index contributed by atoms with van der Waals surface area (Å²) in [6.07, 6.45) is 0. The van der Waals surface area contributed by atoms with Crippen molar-refractivity contribution >= 4 is 51.1 Å². The molecule has 0 fully saturated rings. The van der Waals surface area contributed by atoms with E-state index >= 15 is 0 Å². The minimum Gasteiger partial charge on any atom is -0.461 e. The average molecular weight is 434 g/mol. The van der Waals surface area contributed by atoms with Gasteiger partial charge in [0, 0.05) is 14.5 Å². The Bertz CT molecular complexity index is 918. The van der Waals surface area contributed by atoms with Crippen LogP contribution in [0.4, 0.5) is 5.69 Å². The van der Waals surface area contributed by atoms with Gasteiger partial charge in [0.25, 0.3) is 5.91 Å². The number of hydrogen-bond donors (Lipinski definition) is 2. The lowest BCUT2D eigenvalue weighted by atomic mass is 10.2. The molecule has 24 heavy (non-hydrogen) atoms. The van der Waals surface area contributed by atoms with E-state index in [9.17, 15) is 9.59 Å². The first-order chi connectivity index (χ1) is 11.6. The highest BCUT2D eigenvalue weighted by molar-refractivity contribution is 14.1. The summed E-state index contributed by atoms with van der Waals surface area (Å²) in [5, 5.41) is 3.62. The van der Waals surface area contributed by atoms with Crippen molar-refractivity contribution in [2.45, 2.75) is 6.92 Å². The highest BCUT2D eigenvalue weighted by Crippen LogP contribution is 2.29. The van der Waals surface area contributed by atoms with Gasteiger partial charge in [-0.15, -0.1) is 0 Å². The number of carbonyl (C=O) groups is 2. The number of fused-ring (bicyclic) bond motifs is 1. The molecule has 5 nitrogen and oxygen atoms in total. The number of carbonyl (C=O) groups excluding carboxylic acids is 2. The maximum Gasteiger partial charge on any atom is 0.356 e. The molecule has 3 aromatic rings. The Balaban J connectivity index is 2.04. The van der Waals surface area contributed by atoms with E-state index in [1.54, 1.807) is 19.1 Å². The highest BCUT2D eigenvalue weighted by Gasteiger charge is 2.21. The Morgan fingerprint density at radius 2 is 1.83 bits per heavy atom. The van der Waals surface area contributed by atoms with Crippen LogP contribution in [0.3, 0.4) is 0 Å². The second-order valence-electron chi connectivity index (χ2n) is 5.08. The van der Waals surface area contributed by atoms with Crippen LogP contribution in [-0.4, -0.2) is 23.5 Å². The van der Waals surface area contributed by atoms with E-state index in [0.717, 1.165) is 14.5 Å². The van der Waals surface area contributed by atoms with Gasteiger partial charge in [-0.25, -0.2) is 4.79 Å². The Hall–Kier alpha value is -2.35. The van der Waals surface area contributed by atoms with E-state index < -0.39 is 5.97 Å². The highest BCUT2D eigenvalue weighted by atomic mass is 127. The van der Waals surface area contributed by atoms with Crippen molar-refractivity contribution in [3.05, 3.63) is 63.4 Å². The fraction of sp³-hybridized carbons (Fsp3) is 0.111. The van der Waals surface area contributed by atoms with Crippen LogP contribution < -0.4 is 5.32 Å². The summed E-state index contributed by atoms with van der Waals surface area (Å²) in [6, 6.07) is 14.7. The van der Waals surface area contributed by atoms with Gasteiger partial charge in [0.2, 0.25) is 0 Å². The largest absolute Gasteiger partial charge is 0.461 e. The lowest BCUT2D eigenvalue weighted by molar-refractivity contribution is 0.0522. The Morgan fingerprint density at radius 1 is 1.12 bits per heavy atom. The summed E-state index contributed by atoms with van der Waals surface area (Å²) in [7, 11) is 0. The van der Waals surface area contributed by atoms with Gasteiger partial charge in [0.05, 0.1) is 17.9 Å². The summed E-state index contributed by atoms with van der Waals surface area (Å²) < 4.78 is 5.92. The van der Waals surface area contributed by atoms with Crippen LogP contribution in [0, 0.1) is 3.57 Å². The minimum atomic E-state index is -0.494. The van der Waals surface area contributed by atoms with E-state index in [1.165, 1.54) is 0 Å². The fourth-order valence-electron chi connectivity index (χ4n) is 2.45. The molecule has 0 radical (unpaired) electrons. The molecule has 3 rings (SSSR count). The van der Waals surface area contributed by atoms with Crippen molar-refractivity contribution in [3.8, 4) is 0 Å². The van der Waals surface area contributed by atoms with Gasteiger partial charge in [-0.05, 0) is 47.7 Å². The molecule has 2 N–H and O–H groups in total. The van der Waals surface area contributed by atoms with E-state index in [0.29, 0.717) is 11.3 Å². The Kier molecular flexibility index (Phi) is 4.84. The molecular weight excluding hydrogens is 419 g/mol. The number of anilines is 1. The van der Waals surface area contributed by atoms with Crippen LogP contribution in [0.15, 0.2) is 48.5 Å². The van der Waals surface area contributed by atoms with Crippen molar-refractivity contribution in [3.63, 3.8) is 0 Å². The van der Waals surface area contributed by atoms with Crippen LogP contribution in [-0.2, 0) is 4.74 Å². The number of hydrogen-bond acceptors (Lipinski definition) is 3. The number of benzene rings is 2. The molecule has 2 aromatic carbocycles. The smallest absolute Gasteiger partial charge is 0.356 e. The molecule has 0 bridgehead atoms. The number of H-pyrrole nitrogens is 1. The SMILES string of the molecule is CCOC(=O)c1[nH]c2ccccc2c1NC(=O)c1ccccc1I. The van der Waals surface area contributed by atoms with Crippen LogP contribution in [0.2, 0.25) is 0 Å². The molecule has 0 atom stereocenters. The van der Waals surface area contributed by atoms with E-state index in [4.69, 9.17) is 4.74 Å². The number of aromatic nitrogens is 1. The zero-order valence-electron chi connectivity index (χ0n) is 12.9.